The third kappa shape index (κ3) is 4.42. The molecular weight excluding hydrogens is 200 g/mol. The van der Waals surface area contributed by atoms with E-state index in [-0.39, 0.29) is 11.9 Å². The van der Waals surface area contributed by atoms with Crippen molar-refractivity contribution >= 4 is 10.1 Å². The zero-order chi connectivity index (χ0) is 10.4. The molecule has 4 heteroatoms. The lowest BCUT2D eigenvalue weighted by Crippen LogP contribution is -2.20. The second kappa shape index (κ2) is 5.71. The smallest absolute Gasteiger partial charge is 0.267 e. The second-order valence-electron chi connectivity index (χ2n) is 3.91. The Bertz CT molecular complexity index is 238. The van der Waals surface area contributed by atoms with E-state index in [4.69, 9.17) is 4.18 Å². The lowest BCUT2D eigenvalue weighted by atomic mass is 9.99. The molecule has 0 spiro atoms. The first-order valence-electron chi connectivity index (χ1n) is 5.55. The Hall–Kier alpha value is -0.0900. The highest BCUT2D eigenvalue weighted by Gasteiger charge is 2.18. The minimum absolute atomic E-state index is 0.0553. The van der Waals surface area contributed by atoms with Crippen molar-refractivity contribution in [1.29, 1.82) is 0 Å². The standard InChI is InChI=1S/C10H20O3S/c1-2-14(11,12)13-10-8-6-4-3-5-7-9-10/h10H,2-9H2,1H3. The summed E-state index contributed by atoms with van der Waals surface area (Å²) in [6.45, 7) is 1.62. The first-order chi connectivity index (χ1) is 6.64. The van der Waals surface area contributed by atoms with Crippen LogP contribution in [0.3, 0.4) is 0 Å². The monoisotopic (exact) mass is 220 g/mol. The van der Waals surface area contributed by atoms with Crippen LogP contribution in [0.5, 0.6) is 0 Å². The van der Waals surface area contributed by atoms with E-state index < -0.39 is 10.1 Å². The predicted molar refractivity (Wildman–Crippen MR) is 56.7 cm³/mol. The minimum atomic E-state index is -3.25. The van der Waals surface area contributed by atoms with Crippen LogP contribution in [0, 0.1) is 0 Å². The van der Waals surface area contributed by atoms with Crippen LogP contribution in [0.2, 0.25) is 0 Å². The molecule has 1 rings (SSSR count). The maximum atomic E-state index is 11.2. The van der Waals surface area contributed by atoms with Gasteiger partial charge in [0.1, 0.15) is 0 Å². The van der Waals surface area contributed by atoms with E-state index in [2.05, 4.69) is 0 Å². The van der Waals surface area contributed by atoms with Crippen LogP contribution in [0.25, 0.3) is 0 Å². The van der Waals surface area contributed by atoms with Crippen molar-refractivity contribution in [2.24, 2.45) is 0 Å². The fraction of sp³-hybridized carbons (Fsp3) is 1.00. The fourth-order valence-corrected chi connectivity index (χ4v) is 2.53. The molecule has 0 atom stereocenters. The molecule has 0 aromatic carbocycles. The van der Waals surface area contributed by atoms with Gasteiger partial charge in [-0.2, -0.15) is 8.42 Å². The molecule has 1 aliphatic carbocycles. The molecule has 0 aromatic rings. The van der Waals surface area contributed by atoms with Gasteiger partial charge >= 0.3 is 0 Å². The van der Waals surface area contributed by atoms with E-state index in [0.29, 0.717) is 0 Å². The molecular formula is C10H20O3S. The molecule has 0 radical (unpaired) electrons. The van der Waals surface area contributed by atoms with Crippen LogP contribution < -0.4 is 0 Å². The van der Waals surface area contributed by atoms with Crippen molar-refractivity contribution in [3.8, 4) is 0 Å². The van der Waals surface area contributed by atoms with Gasteiger partial charge in [0.25, 0.3) is 10.1 Å². The van der Waals surface area contributed by atoms with Crippen LogP contribution >= 0.6 is 0 Å². The van der Waals surface area contributed by atoms with Gasteiger partial charge in [0.05, 0.1) is 11.9 Å². The Morgan fingerprint density at radius 3 is 2.07 bits per heavy atom. The molecule has 0 N–H and O–H groups in total. The van der Waals surface area contributed by atoms with Gasteiger partial charge in [-0.1, -0.05) is 32.1 Å². The van der Waals surface area contributed by atoms with Crippen LogP contribution in [-0.4, -0.2) is 20.3 Å². The Morgan fingerprint density at radius 2 is 1.57 bits per heavy atom. The highest BCUT2D eigenvalue weighted by Crippen LogP contribution is 2.20. The number of hydrogen-bond donors (Lipinski definition) is 0. The Kier molecular flexibility index (Phi) is 4.89. The third-order valence-electron chi connectivity index (χ3n) is 2.69. The Labute approximate surface area is 87.0 Å². The largest absolute Gasteiger partial charge is 0.267 e. The molecule has 0 aliphatic heterocycles. The maximum absolute atomic E-state index is 11.2. The molecule has 0 bridgehead atoms. The van der Waals surface area contributed by atoms with Gasteiger partial charge in [0.15, 0.2) is 0 Å². The van der Waals surface area contributed by atoms with Crippen molar-refractivity contribution in [1.82, 2.24) is 0 Å². The molecule has 0 unspecified atom stereocenters. The Morgan fingerprint density at radius 1 is 1.07 bits per heavy atom. The van der Waals surface area contributed by atoms with Crippen molar-refractivity contribution < 1.29 is 12.6 Å². The molecule has 3 nitrogen and oxygen atoms in total. The quantitative estimate of drug-likeness (QED) is 0.686. The van der Waals surface area contributed by atoms with Crippen molar-refractivity contribution in [3.63, 3.8) is 0 Å². The van der Waals surface area contributed by atoms with Crippen LogP contribution in [0.1, 0.15) is 51.9 Å². The van der Waals surface area contributed by atoms with Crippen LogP contribution in [0.15, 0.2) is 0 Å². The van der Waals surface area contributed by atoms with Crippen molar-refractivity contribution in [2.45, 2.75) is 58.0 Å². The van der Waals surface area contributed by atoms with Gasteiger partial charge in [0.2, 0.25) is 0 Å². The Balaban J connectivity index is 2.41. The summed E-state index contributed by atoms with van der Waals surface area (Å²) in [6.07, 6.45) is 7.66. The van der Waals surface area contributed by atoms with Crippen molar-refractivity contribution in [3.05, 3.63) is 0 Å². The zero-order valence-corrected chi connectivity index (χ0v) is 9.68. The van der Waals surface area contributed by atoms with E-state index in [1.807, 2.05) is 0 Å². The molecule has 1 aliphatic rings. The van der Waals surface area contributed by atoms with Gasteiger partial charge in [-0.15, -0.1) is 0 Å². The molecule has 14 heavy (non-hydrogen) atoms. The lowest BCUT2D eigenvalue weighted by Gasteiger charge is -2.19. The highest BCUT2D eigenvalue weighted by atomic mass is 32.2. The van der Waals surface area contributed by atoms with Gasteiger partial charge in [-0.25, -0.2) is 0 Å². The molecule has 1 fully saturated rings. The summed E-state index contributed by atoms with van der Waals surface area (Å²) in [5.41, 5.74) is 0. The molecule has 0 amide bonds. The predicted octanol–water partition coefficient (Wildman–Crippen LogP) is 2.47. The normalized spacial score (nSPS) is 21.5. The summed E-state index contributed by atoms with van der Waals surface area (Å²) in [7, 11) is -3.25. The maximum Gasteiger partial charge on any atom is 0.267 e. The average molecular weight is 220 g/mol. The van der Waals surface area contributed by atoms with Crippen LogP contribution in [-0.2, 0) is 14.3 Å². The third-order valence-corrected chi connectivity index (χ3v) is 3.96. The SMILES string of the molecule is CCS(=O)(=O)OC1CCCCCCC1. The topological polar surface area (TPSA) is 43.4 Å². The van der Waals surface area contributed by atoms with Crippen LogP contribution in [0.4, 0.5) is 0 Å². The highest BCUT2D eigenvalue weighted by molar-refractivity contribution is 7.86. The van der Waals surface area contributed by atoms with Crippen molar-refractivity contribution in [2.75, 3.05) is 5.75 Å². The van der Waals surface area contributed by atoms with Gasteiger partial charge < -0.3 is 0 Å². The molecule has 84 valence electrons. The number of hydrogen-bond acceptors (Lipinski definition) is 3. The van der Waals surface area contributed by atoms with Gasteiger partial charge in [-0.05, 0) is 19.8 Å². The summed E-state index contributed by atoms with van der Waals surface area (Å²) in [5.74, 6) is 0.0868. The van der Waals surface area contributed by atoms with E-state index in [9.17, 15) is 8.42 Å². The molecule has 0 heterocycles. The lowest BCUT2D eigenvalue weighted by molar-refractivity contribution is 0.174. The summed E-state index contributed by atoms with van der Waals surface area (Å²) in [4.78, 5) is 0. The van der Waals surface area contributed by atoms with E-state index in [1.54, 1.807) is 6.92 Å². The van der Waals surface area contributed by atoms with E-state index in [1.165, 1.54) is 19.3 Å². The fourth-order valence-electron chi connectivity index (χ4n) is 1.79. The first-order valence-corrected chi connectivity index (χ1v) is 7.13. The second-order valence-corrected chi connectivity index (χ2v) is 5.79. The zero-order valence-electron chi connectivity index (χ0n) is 8.87. The molecule has 0 saturated heterocycles. The van der Waals surface area contributed by atoms with E-state index >= 15 is 0 Å². The molecule has 1 saturated carbocycles. The molecule has 0 aromatic heterocycles. The summed E-state index contributed by atoms with van der Waals surface area (Å²) < 4.78 is 27.6. The average Bonchev–Trinajstić information content (AvgIpc) is 2.10. The van der Waals surface area contributed by atoms with Gasteiger partial charge in [0, 0.05) is 0 Å². The minimum Gasteiger partial charge on any atom is -0.267 e. The number of rotatable bonds is 3. The summed E-state index contributed by atoms with van der Waals surface area (Å²) in [5, 5.41) is 0. The van der Waals surface area contributed by atoms with E-state index in [0.717, 1.165) is 25.7 Å². The summed E-state index contributed by atoms with van der Waals surface area (Å²) >= 11 is 0. The van der Waals surface area contributed by atoms with Gasteiger partial charge in [-0.3, -0.25) is 4.18 Å². The summed E-state index contributed by atoms with van der Waals surface area (Å²) in [6, 6.07) is 0. The first kappa shape index (κ1) is 12.0.